The van der Waals surface area contributed by atoms with Gasteiger partial charge in [0, 0.05) is 25.2 Å². The number of nitrogens with one attached hydrogen (secondary N) is 1. The first kappa shape index (κ1) is 15.5. The van der Waals surface area contributed by atoms with Gasteiger partial charge in [-0.3, -0.25) is 0 Å². The second-order valence-corrected chi connectivity index (χ2v) is 5.59. The van der Waals surface area contributed by atoms with E-state index >= 15 is 0 Å². The SMILES string of the molecule is CCN(CC)CC(NC1CCOC1C)c1ccccc1. The van der Waals surface area contributed by atoms with E-state index < -0.39 is 0 Å². The van der Waals surface area contributed by atoms with Crippen LogP contribution in [-0.2, 0) is 4.74 Å². The molecule has 0 radical (unpaired) electrons. The number of nitrogens with zero attached hydrogens (tertiary/aromatic N) is 1. The van der Waals surface area contributed by atoms with E-state index in [2.05, 4.69) is 61.3 Å². The van der Waals surface area contributed by atoms with Crippen molar-refractivity contribution in [2.45, 2.75) is 45.4 Å². The average molecular weight is 276 g/mol. The zero-order valence-electron chi connectivity index (χ0n) is 13.0. The molecule has 1 N–H and O–H groups in total. The number of rotatable bonds is 7. The fourth-order valence-electron chi connectivity index (χ4n) is 2.89. The van der Waals surface area contributed by atoms with Crippen LogP contribution in [0.4, 0.5) is 0 Å². The van der Waals surface area contributed by atoms with E-state index in [1.165, 1.54) is 5.56 Å². The Morgan fingerprint density at radius 3 is 2.50 bits per heavy atom. The third kappa shape index (κ3) is 4.05. The number of benzene rings is 1. The van der Waals surface area contributed by atoms with Crippen molar-refractivity contribution in [1.82, 2.24) is 10.2 Å². The highest BCUT2D eigenvalue weighted by Gasteiger charge is 2.27. The molecule has 2 rings (SSSR count). The molecule has 1 aliphatic rings. The number of hydrogen-bond acceptors (Lipinski definition) is 3. The Balaban J connectivity index is 2.07. The molecule has 1 heterocycles. The molecule has 3 unspecified atom stereocenters. The Kier molecular flexibility index (Phi) is 6.02. The lowest BCUT2D eigenvalue weighted by atomic mass is 10.0. The predicted octanol–water partition coefficient (Wildman–Crippen LogP) is 2.84. The largest absolute Gasteiger partial charge is 0.377 e. The number of hydrogen-bond donors (Lipinski definition) is 1. The van der Waals surface area contributed by atoms with Crippen LogP contribution in [0.15, 0.2) is 30.3 Å². The summed E-state index contributed by atoms with van der Waals surface area (Å²) in [7, 11) is 0. The topological polar surface area (TPSA) is 24.5 Å². The van der Waals surface area contributed by atoms with Gasteiger partial charge in [-0.2, -0.15) is 0 Å². The first-order valence-electron chi connectivity index (χ1n) is 7.89. The molecular formula is C17H28N2O. The highest BCUT2D eigenvalue weighted by molar-refractivity contribution is 5.19. The maximum atomic E-state index is 5.68. The molecule has 1 aromatic rings. The van der Waals surface area contributed by atoms with E-state index in [-0.39, 0.29) is 0 Å². The van der Waals surface area contributed by atoms with Crippen LogP contribution in [0.1, 0.15) is 38.8 Å². The maximum Gasteiger partial charge on any atom is 0.0700 e. The van der Waals surface area contributed by atoms with Gasteiger partial charge in [-0.15, -0.1) is 0 Å². The third-order valence-electron chi connectivity index (χ3n) is 4.33. The second-order valence-electron chi connectivity index (χ2n) is 5.59. The average Bonchev–Trinajstić information content (AvgIpc) is 2.89. The minimum Gasteiger partial charge on any atom is -0.377 e. The van der Waals surface area contributed by atoms with Crippen molar-refractivity contribution in [2.75, 3.05) is 26.2 Å². The van der Waals surface area contributed by atoms with Crippen molar-refractivity contribution in [3.05, 3.63) is 35.9 Å². The lowest BCUT2D eigenvalue weighted by Crippen LogP contribution is -2.42. The van der Waals surface area contributed by atoms with Crippen LogP contribution in [0, 0.1) is 0 Å². The van der Waals surface area contributed by atoms with Gasteiger partial charge in [-0.1, -0.05) is 44.2 Å². The summed E-state index contributed by atoms with van der Waals surface area (Å²) in [5, 5.41) is 3.81. The van der Waals surface area contributed by atoms with Gasteiger partial charge in [0.25, 0.3) is 0 Å². The molecule has 0 amide bonds. The van der Waals surface area contributed by atoms with Gasteiger partial charge in [-0.25, -0.2) is 0 Å². The zero-order chi connectivity index (χ0) is 14.4. The predicted molar refractivity (Wildman–Crippen MR) is 83.9 cm³/mol. The quantitative estimate of drug-likeness (QED) is 0.829. The lowest BCUT2D eigenvalue weighted by molar-refractivity contribution is 0.109. The minimum atomic E-state index is 0.318. The third-order valence-corrected chi connectivity index (χ3v) is 4.33. The Hall–Kier alpha value is -0.900. The smallest absolute Gasteiger partial charge is 0.0700 e. The molecule has 3 heteroatoms. The van der Waals surface area contributed by atoms with E-state index in [0.717, 1.165) is 32.7 Å². The van der Waals surface area contributed by atoms with E-state index in [9.17, 15) is 0 Å². The van der Waals surface area contributed by atoms with Gasteiger partial charge < -0.3 is 15.0 Å². The normalized spacial score (nSPS) is 24.2. The molecule has 1 saturated heterocycles. The van der Waals surface area contributed by atoms with Gasteiger partial charge in [0.1, 0.15) is 0 Å². The highest BCUT2D eigenvalue weighted by atomic mass is 16.5. The zero-order valence-corrected chi connectivity index (χ0v) is 13.0. The maximum absolute atomic E-state index is 5.68. The Morgan fingerprint density at radius 1 is 1.25 bits per heavy atom. The van der Waals surface area contributed by atoms with Crippen molar-refractivity contribution >= 4 is 0 Å². The first-order valence-corrected chi connectivity index (χ1v) is 7.89. The molecular weight excluding hydrogens is 248 g/mol. The van der Waals surface area contributed by atoms with Gasteiger partial charge >= 0.3 is 0 Å². The summed E-state index contributed by atoms with van der Waals surface area (Å²) in [6.07, 6.45) is 1.43. The Labute approximate surface area is 123 Å². The van der Waals surface area contributed by atoms with E-state index in [1.807, 2.05) is 0 Å². The molecule has 20 heavy (non-hydrogen) atoms. The molecule has 3 nitrogen and oxygen atoms in total. The minimum absolute atomic E-state index is 0.318. The summed E-state index contributed by atoms with van der Waals surface area (Å²) in [5.41, 5.74) is 1.37. The van der Waals surface area contributed by atoms with Crippen LogP contribution in [0.2, 0.25) is 0 Å². The van der Waals surface area contributed by atoms with Gasteiger partial charge in [0.2, 0.25) is 0 Å². The molecule has 1 fully saturated rings. The molecule has 0 bridgehead atoms. The molecule has 0 aromatic heterocycles. The van der Waals surface area contributed by atoms with Crippen molar-refractivity contribution in [2.24, 2.45) is 0 Å². The summed E-state index contributed by atoms with van der Waals surface area (Å²) in [4.78, 5) is 2.48. The first-order chi connectivity index (χ1) is 9.74. The molecule has 0 aliphatic carbocycles. The van der Waals surface area contributed by atoms with Crippen molar-refractivity contribution in [3.8, 4) is 0 Å². The van der Waals surface area contributed by atoms with Crippen LogP contribution in [0.25, 0.3) is 0 Å². The molecule has 0 saturated carbocycles. The van der Waals surface area contributed by atoms with Crippen molar-refractivity contribution < 1.29 is 4.74 Å². The van der Waals surface area contributed by atoms with Crippen LogP contribution < -0.4 is 5.32 Å². The highest BCUT2D eigenvalue weighted by Crippen LogP contribution is 2.20. The van der Waals surface area contributed by atoms with Crippen LogP contribution in [0.5, 0.6) is 0 Å². The van der Waals surface area contributed by atoms with Gasteiger partial charge in [0.15, 0.2) is 0 Å². The Bertz CT molecular complexity index is 378. The number of likely N-dealkylation sites (N-methyl/N-ethyl adjacent to an activating group) is 1. The standard InChI is InChI=1S/C17H28N2O/c1-4-19(5-2)13-17(15-9-7-6-8-10-15)18-16-11-12-20-14(16)3/h6-10,14,16-18H,4-5,11-13H2,1-3H3. The van der Waals surface area contributed by atoms with Crippen molar-refractivity contribution in [3.63, 3.8) is 0 Å². The number of ether oxygens (including phenoxy) is 1. The van der Waals surface area contributed by atoms with E-state index in [4.69, 9.17) is 4.74 Å². The van der Waals surface area contributed by atoms with Crippen LogP contribution in [-0.4, -0.2) is 43.3 Å². The molecule has 0 spiro atoms. The van der Waals surface area contributed by atoms with Crippen LogP contribution >= 0.6 is 0 Å². The summed E-state index contributed by atoms with van der Waals surface area (Å²) in [6, 6.07) is 11.6. The summed E-state index contributed by atoms with van der Waals surface area (Å²) >= 11 is 0. The lowest BCUT2D eigenvalue weighted by Gasteiger charge is -2.30. The molecule has 1 aromatic carbocycles. The summed E-state index contributed by atoms with van der Waals surface area (Å²) in [6.45, 7) is 10.8. The van der Waals surface area contributed by atoms with Gasteiger partial charge in [-0.05, 0) is 32.0 Å². The molecule has 1 aliphatic heterocycles. The van der Waals surface area contributed by atoms with Gasteiger partial charge in [0.05, 0.1) is 6.10 Å². The fourth-order valence-corrected chi connectivity index (χ4v) is 2.89. The van der Waals surface area contributed by atoms with E-state index in [1.54, 1.807) is 0 Å². The summed E-state index contributed by atoms with van der Waals surface area (Å²) < 4.78 is 5.68. The second kappa shape index (κ2) is 7.77. The van der Waals surface area contributed by atoms with Crippen LogP contribution in [0.3, 0.4) is 0 Å². The monoisotopic (exact) mass is 276 g/mol. The molecule has 112 valence electrons. The van der Waals surface area contributed by atoms with E-state index in [0.29, 0.717) is 18.2 Å². The van der Waals surface area contributed by atoms with Crippen molar-refractivity contribution in [1.29, 1.82) is 0 Å². The summed E-state index contributed by atoms with van der Waals surface area (Å²) in [5.74, 6) is 0. The molecule has 3 atom stereocenters. The fraction of sp³-hybridized carbons (Fsp3) is 0.647. The Morgan fingerprint density at radius 2 is 1.95 bits per heavy atom.